The van der Waals surface area contributed by atoms with Crippen LogP contribution in [-0.2, 0) is 6.42 Å². The SMILES string of the molecule is Cc1nc(CC(N)C2CCCC2(C)C)cs1. The average molecular weight is 238 g/mol. The second-order valence-electron chi connectivity index (χ2n) is 5.71. The summed E-state index contributed by atoms with van der Waals surface area (Å²) in [7, 11) is 0. The van der Waals surface area contributed by atoms with Gasteiger partial charge < -0.3 is 5.73 Å². The molecule has 1 fully saturated rings. The lowest BCUT2D eigenvalue weighted by atomic mass is 9.76. The summed E-state index contributed by atoms with van der Waals surface area (Å²) in [4.78, 5) is 4.51. The lowest BCUT2D eigenvalue weighted by Gasteiger charge is -2.31. The Labute approximate surface area is 102 Å². The van der Waals surface area contributed by atoms with E-state index in [-0.39, 0.29) is 6.04 Å². The highest BCUT2D eigenvalue weighted by molar-refractivity contribution is 7.09. The van der Waals surface area contributed by atoms with E-state index in [1.54, 1.807) is 11.3 Å². The van der Waals surface area contributed by atoms with Crippen molar-refractivity contribution in [1.29, 1.82) is 0 Å². The molecule has 0 saturated heterocycles. The summed E-state index contributed by atoms with van der Waals surface area (Å²) in [6, 6.07) is 0.277. The second kappa shape index (κ2) is 4.46. The molecule has 1 aliphatic rings. The molecule has 1 heterocycles. The van der Waals surface area contributed by atoms with Gasteiger partial charge in [0.25, 0.3) is 0 Å². The van der Waals surface area contributed by atoms with Crippen molar-refractivity contribution in [3.05, 3.63) is 16.1 Å². The van der Waals surface area contributed by atoms with Crippen LogP contribution < -0.4 is 5.73 Å². The summed E-state index contributed by atoms with van der Waals surface area (Å²) < 4.78 is 0. The number of hydrogen-bond acceptors (Lipinski definition) is 3. The fourth-order valence-electron chi connectivity index (χ4n) is 3.03. The van der Waals surface area contributed by atoms with Gasteiger partial charge in [-0.1, -0.05) is 20.3 Å². The fraction of sp³-hybridized carbons (Fsp3) is 0.769. The largest absolute Gasteiger partial charge is 0.327 e. The fourth-order valence-corrected chi connectivity index (χ4v) is 3.66. The highest BCUT2D eigenvalue weighted by Gasteiger charge is 2.38. The molecule has 3 heteroatoms. The standard InChI is InChI=1S/C13H22N2S/c1-9-15-10(8-16-9)7-12(14)11-5-4-6-13(11,2)3/h8,11-12H,4-7,14H2,1-3H3. The van der Waals surface area contributed by atoms with Gasteiger partial charge in [-0.25, -0.2) is 4.98 Å². The number of aromatic nitrogens is 1. The smallest absolute Gasteiger partial charge is 0.0897 e. The quantitative estimate of drug-likeness (QED) is 0.878. The van der Waals surface area contributed by atoms with Crippen LogP contribution in [0.5, 0.6) is 0 Å². The van der Waals surface area contributed by atoms with Crippen LogP contribution in [0.1, 0.15) is 43.8 Å². The van der Waals surface area contributed by atoms with Gasteiger partial charge in [-0.2, -0.15) is 0 Å². The molecule has 2 rings (SSSR count). The maximum Gasteiger partial charge on any atom is 0.0897 e. The van der Waals surface area contributed by atoms with Gasteiger partial charge in [0, 0.05) is 17.8 Å². The summed E-state index contributed by atoms with van der Waals surface area (Å²) in [5.74, 6) is 0.662. The third-order valence-electron chi connectivity index (χ3n) is 3.97. The summed E-state index contributed by atoms with van der Waals surface area (Å²) in [5, 5.41) is 3.30. The lowest BCUT2D eigenvalue weighted by molar-refractivity contribution is 0.219. The Bertz CT molecular complexity index is 357. The van der Waals surface area contributed by atoms with E-state index < -0.39 is 0 Å². The molecule has 2 N–H and O–H groups in total. The second-order valence-corrected chi connectivity index (χ2v) is 6.78. The molecule has 0 spiro atoms. The third-order valence-corrected chi connectivity index (χ3v) is 4.79. The van der Waals surface area contributed by atoms with Crippen LogP contribution in [0.4, 0.5) is 0 Å². The molecular weight excluding hydrogens is 216 g/mol. The van der Waals surface area contributed by atoms with E-state index in [0.29, 0.717) is 11.3 Å². The number of aryl methyl sites for hydroxylation is 1. The molecule has 2 atom stereocenters. The van der Waals surface area contributed by atoms with E-state index in [1.807, 2.05) is 0 Å². The first-order valence-electron chi connectivity index (χ1n) is 6.15. The number of nitrogens with zero attached hydrogens (tertiary/aromatic N) is 1. The minimum absolute atomic E-state index is 0.277. The third kappa shape index (κ3) is 2.46. The summed E-state index contributed by atoms with van der Waals surface area (Å²) in [6.45, 7) is 6.77. The van der Waals surface area contributed by atoms with Crippen molar-refractivity contribution in [2.75, 3.05) is 0 Å². The molecule has 1 aromatic rings. The maximum atomic E-state index is 6.36. The van der Waals surface area contributed by atoms with Gasteiger partial charge >= 0.3 is 0 Å². The molecule has 1 aliphatic carbocycles. The van der Waals surface area contributed by atoms with Crippen molar-refractivity contribution in [1.82, 2.24) is 4.98 Å². The zero-order valence-corrected chi connectivity index (χ0v) is 11.3. The molecule has 16 heavy (non-hydrogen) atoms. The Morgan fingerprint density at radius 1 is 1.62 bits per heavy atom. The highest BCUT2D eigenvalue weighted by atomic mass is 32.1. The minimum Gasteiger partial charge on any atom is -0.327 e. The van der Waals surface area contributed by atoms with Gasteiger partial charge in [0.15, 0.2) is 0 Å². The molecule has 90 valence electrons. The first-order valence-corrected chi connectivity index (χ1v) is 7.03. The molecule has 0 radical (unpaired) electrons. The monoisotopic (exact) mass is 238 g/mol. The highest BCUT2D eigenvalue weighted by Crippen LogP contribution is 2.44. The van der Waals surface area contributed by atoms with E-state index >= 15 is 0 Å². The Kier molecular flexibility index (Phi) is 3.36. The van der Waals surface area contributed by atoms with Crippen molar-refractivity contribution in [3.8, 4) is 0 Å². The van der Waals surface area contributed by atoms with E-state index in [1.165, 1.54) is 25.0 Å². The summed E-state index contributed by atoms with van der Waals surface area (Å²) >= 11 is 1.72. The van der Waals surface area contributed by atoms with Crippen LogP contribution in [0, 0.1) is 18.3 Å². The first-order chi connectivity index (χ1) is 7.49. The Morgan fingerprint density at radius 2 is 2.38 bits per heavy atom. The van der Waals surface area contributed by atoms with Crippen molar-refractivity contribution < 1.29 is 0 Å². The topological polar surface area (TPSA) is 38.9 Å². The van der Waals surface area contributed by atoms with E-state index in [4.69, 9.17) is 5.73 Å². The predicted octanol–water partition coefficient (Wildman–Crippen LogP) is 3.15. The summed E-state index contributed by atoms with van der Waals surface area (Å²) in [6.07, 6.45) is 4.89. The Morgan fingerprint density at radius 3 is 2.88 bits per heavy atom. The lowest BCUT2D eigenvalue weighted by Crippen LogP contribution is -2.38. The Balaban J connectivity index is 2.00. The summed E-state index contributed by atoms with van der Waals surface area (Å²) in [5.41, 5.74) is 7.96. The van der Waals surface area contributed by atoms with Gasteiger partial charge in [-0.05, 0) is 31.1 Å². The minimum atomic E-state index is 0.277. The molecule has 2 unspecified atom stereocenters. The number of rotatable bonds is 3. The molecule has 0 aromatic carbocycles. The van der Waals surface area contributed by atoms with Crippen LogP contribution in [0.3, 0.4) is 0 Å². The van der Waals surface area contributed by atoms with Crippen molar-refractivity contribution in [2.45, 2.75) is 52.5 Å². The van der Waals surface area contributed by atoms with Gasteiger partial charge in [-0.3, -0.25) is 0 Å². The van der Waals surface area contributed by atoms with Crippen LogP contribution >= 0.6 is 11.3 Å². The molecule has 0 aliphatic heterocycles. The maximum absolute atomic E-state index is 6.36. The van der Waals surface area contributed by atoms with Crippen LogP contribution in [0.15, 0.2) is 5.38 Å². The van der Waals surface area contributed by atoms with Crippen molar-refractivity contribution in [3.63, 3.8) is 0 Å². The van der Waals surface area contributed by atoms with E-state index in [9.17, 15) is 0 Å². The van der Waals surface area contributed by atoms with Crippen molar-refractivity contribution in [2.24, 2.45) is 17.1 Å². The zero-order valence-electron chi connectivity index (χ0n) is 10.5. The molecule has 1 saturated carbocycles. The predicted molar refractivity (Wildman–Crippen MR) is 69.7 cm³/mol. The molecule has 0 bridgehead atoms. The van der Waals surface area contributed by atoms with Gasteiger partial charge in [-0.15, -0.1) is 11.3 Å². The number of thiazole rings is 1. The van der Waals surface area contributed by atoms with Crippen LogP contribution in [0.25, 0.3) is 0 Å². The normalized spacial score (nSPS) is 25.9. The van der Waals surface area contributed by atoms with Gasteiger partial charge in [0.1, 0.15) is 0 Å². The molecule has 1 aromatic heterocycles. The number of nitrogens with two attached hydrogens (primary N) is 1. The average Bonchev–Trinajstić information content (AvgIpc) is 2.72. The molecular formula is C13H22N2S. The number of hydrogen-bond donors (Lipinski definition) is 1. The zero-order chi connectivity index (χ0) is 11.8. The van der Waals surface area contributed by atoms with Gasteiger partial charge in [0.05, 0.1) is 10.7 Å². The first kappa shape index (κ1) is 12.1. The Hall–Kier alpha value is -0.410. The van der Waals surface area contributed by atoms with E-state index in [0.717, 1.165) is 11.4 Å². The molecule has 0 amide bonds. The van der Waals surface area contributed by atoms with Crippen LogP contribution in [-0.4, -0.2) is 11.0 Å². The van der Waals surface area contributed by atoms with E-state index in [2.05, 4.69) is 31.1 Å². The van der Waals surface area contributed by atoms with Gasteiger partial charge in [0.2, 0.25) is 0 Å². The van der Waals surface area contributed by atoms with Crippen LogP contribution in [0.2, 0.25) is 0 Å². The van der Waals surface area contributed by atoms with Crippen molar-refractivity contribution >= 4 is 11.3 Å². The molecule has 2 nitrogen and oxygen atoms in total.